The van der Waals surface area contributed by atoms with Gasteiger partial charge >= 0.3 is 0 Å². The molecule has 0 spiro atoms. The number of nitrogens with zero attached hydrogens (tertiary/aromatic N) is 3. The molecule has 18 heavy (non-hydrogen) atoms. The van der Waals surface area contributed by atoms with Crippen LogP contribution >= 0.6 is 0 Å². The third-order valence-corrected chi connectivity index (χ3v) is 3.94. The number of hydrogen-bond acceptors (Lipinski definition) is 3. The highest BCUT2D eigenvalue weighted by Gasteiger charge is 2.21. The van der Waals surface area contributed by atoms with Gasteiger partial charge in [0.1, 0.15) is 0 Å². The zero-order valence-corrected chi connectivity index (χ0v) is 11.3. The van der Waals surface area contributed by atoms with Crippen LogP contribution in [0.1, 0.15) is 49.2 Å². The Hall–Kier alpha value is -1.42. The number of hydrogen-bond donors (Lipinski definition) is 1. The number of aryl methyl sites for hydroxylation is 2. The van der Waals surface area contributed by atoms with Crippen LogP contribution in [0.15, 0.2) is 12.3 Å². The molecule has 3 rings (SSSR count). The van der Waals surface area contributed by atoms with E-state index in [-0.39, 0.29) is 0 Å². The Morgan fingerprint density at radius 3 is 2.83 bits per heavy atom. The summed E-state index contributed by atoms with van der Waals surface area (Å²) in [4.78, 5) is 4.50. The van der Waals surface area contributed by atoms with E-state index in [2.05, 4.69) is 29.2 Å². The van der Waals surface area contributed by atoms with E-state index < -0.39 is 0 Å². The van der Waals surface area contributed by atoms with Crippen molar-refractivity contribution in [3.63, 3.8) is 0 Å². The van der Waals surface area contributed by atoms with Crippen molar-refractivity contribution >= 4 is 5.65 Å². The molecule has 0 radical (unpaired) electrons. The summed E-state index contributed by atoms with van der Waals surface area (Å²) in [5, 5.41) is 8.16. The van der Waals surface area contributed by atoms with Crippen molar-refractivity contribution in [3.05, 3.63) is 29.2 Å². The fraction of sp³-hybridized carbons (Fsp3) is 0.571. The summed E-state index contributed by atoms with van der Waals surface area (Å²) in [5.41, 5.74) is 4.39. The Kier molecular flexibility index (Phi) is 2.82. The number of rotatable bonds is 3. The number of fused-ring (bicyclic) bond motifs is 1. The molecule has 2 aromatic rings. The molecule has 0 aromatic carbocycles. The predicted molar refractivity (Wildman–Crippen MR) is 71.7 cm³/mol. The van der Waals surface area contributed by atoms with Crippen molar-refractivity contribution in [2.45, 2.75) is 52.1 Å². The van der Waals surface area contributed by atoms with Crippen LogP contribution in [0, 0.1) is 13.8 Å². The molecule has 4 heteroatoms. The van der Waals surface area contributed by atoms with Crippen LogP contribution in [0.2, 0.25) is 0 Å². The van der Waals surface area contributed by atoms with Gasteiger partial charge < -0.3 is 5.32 Å². The minimum Gasteiger partial charge on any atom is -0.307 e. The Bertz CT molecular complexity index is 568. The van der Waals surface area contributed by atoms with Gasteiger partial charge in [-0.05, 0) is 33.6 Å². The number of aromatic nitrogens is 3. The van der Waals surface area contributed by atoms with Gasteiger partial charge in [-0.3, -0.25) is 0 Å². The highest BCUT2D eigenvalue weighted by Crippen LogP contribution is 2.24. The first-order valence-corrected chi connectivity index (χ1v) is 6.73. The lowest BCUT2D eigenvalue weighted by Crippen LogP contribution is -2.37. The largest absolute Gasteiger partial charge is 0.307 e. The van der Waals surface area contributed by atoms with Crippen LogP contribution in [0.4, 0.5) is 0 Å². The van der Waals surface area contributed by atoms with Crippen LogP contribution < -0.4 is 5.32 Å². The Labute approximate surface area is 107 Å². The molecule has 0 bridgehead atoms. The molecule has 1 aliphatic carbocycles. The van der Waals surface area contributed by atoms with Crippen molar-refractivity contribution in [3.8, 4) is 0 Å². The average Bonchev–Trinajstić information content (AvgIpc) is 2.65. The summed E-state index contributed by atoms with van der Waals surface area (Å²) in [7, 11) is 0. The fourth-order valence-corrected chi connectivity index (χ4v) is 2.62. The first-order chi connectivity index (χ1) is 8.65. The summed E-state index contributed by atoms with van der Waals surface area (Å²) < 4.78 is 1.95. The van der Waals surface area contributed by atoms with Gasteiger partial charge in [0.25, 0.3) is 0 Å². The summed E-state index contributed by atoms with van der Waals surface area (Å²) in [6, 6.07) is 3.05. The van der Waals surface area contributed by atoms with Gasteiger partial charge in [0.2, 0.25) is 0 Å². The molecule has 96 valence electrons. The van der Waals surface area contributed by atoms with Crippen LogP contribution in [-0.2, 0) is 0 Å². The standard InChI is InChI=1S/C14H20N4/c1-9-7-14-15-8-13(11(3)18(14)17-9)10(2)16-12-5-4-6-12/h7-8,10,12,16H,4-6H2,1-3H3. The molecule has 4 nitrogen and oxygen atoms in total. The summed E-state index contributed by atoms with van der Waals surface area (Å²) in [6.45, 7) is 6.34. The van der Waals surface area contributed by atoms with Crippen molar-refractivity contribution < 1.29 is 0 Å². The predicted octanol–water partition coefficient (Wildman–Crippen LogP) is 2.55. The van der Waals surface area contributed by atoms with Gasteiger partial charge in [-0.25, -0.2) is 9.50 Å². The van der Waals surface area contributed by atoms with Crippen molar-refractivity contribution in [2.24, 2.45) is 0 Å². The zero-order valence-electron chi connectivity index (χ0n) is 11.3. The van der Waals surface area contributed by atoms with Gasteiger partial charge in [-0.2, -0.15) is 5.10 Å². The summed E-state index contributed by atoms with van der Waals surface area (Å²) in [6.07, 6.45) is 5.96. The van der Waals surface area contributed by atoms with E-state index in [1.165, 1.54) is 30.5 Å². The van der Waals surface area contributed by atoms with Crippen molar-refractivity contribution in [1.29, 1.82) is 0 Å². The average molecular weight is 244 g/mol. The molecule has 2 aromatic heterocycles. The second-order valence-electron chi connectivity index (χ2n) is 5.37. The molecular weight excluding hydrogens is 224 g/mol. The molecule has 1 aliphatic rings. The SMILES string of the molecule is Cc1cc2ncc(C(C)NC3CCC3)c(C)n2n1. The van der Waals surface area contributed by atoms with E-state index in [9.17, 15) is 0 Å². The highest BCUT2D eigenvalue weighted by molar-refractivity contribution is 5.42. The van der Waals surface area contributed by atoms with Crippen molar-refractivity contribution in [2.75, 3.05) is 0 Å². The topological polar surface area (TPSA) is 42.2 Å². The van der Waals surface area contributed by atoms with Gasteiger partial charge in [-0.1, -0.05) is 6.42 Å². The minimum absolute atomic E-state index is 0.344. The quantitative estimate of drug-likeness (QED) is 0.902. The molecule has 0 amide bonds. The minimum atomic E-state index is 0.344. The first kappa shape index (κ1) is 11.7. The third kappa shape index (κ3) is 1.90. The second kappa shape index (κ2) is 4.35. The summed E-state index contributed by atoms with van der Waals surface area (Å²) in [5.74, 6) is 0. The molecular formula is C14H20N4. The van der Waals surface area contributed by atoms with Gasteiger partial charge in [0.15, 0.2) is 5.65 Å². The maximum absolute atomic E-state index is 4.50. The normalized spacial score (nSPS) is 17.9. The maximum Gasteiger partial charge on any atom is 0.155 e. The third-order valence-electron chi connectivity index (χ3n) is 3.94. The number of nitrogens with one attached hydrogen (secondary N) is 1. The smallest absolute Gasteiger partial charge is 0.155 e. The highest BCUT2D eigenvalue weighted by atomic mass is 15.3. The molecule has 1 N–H and O–H groups in total. The zero-order chi connectivity index (χ0) is 12.7. The molecule has 2 heterocycles. The van der Waals surface area contributed by atoms with Crippen LogP contribution in [0.3, 0.4) is 0 Å². The van der Waals surface area contributed by atoms with Gasteiger partial charge in [-0.15, -0.1) is 0 Å². The molecule has 0 aliphatic heterocycles. The lowest BCUT2D eigenvalue weighted by Gasteiger charge is -2.30. The van der Waals surface area contributed by atoms with E-state index >= 15 is 0 Å². The second-order valence-corrected chi connectivity index (χ2v) is 5.37. The molecule has 1 saturated carbocycles. The lowest BCUT2D eigenvalue weighted by molar-refractivity contribution is 0.312. The van der Waals surface area contributed by atoms with E-state index in [4.69, 9.17) is 0 Å². The van der Waals surface area contributed by atoms with Crippen LogP contribution in [0.25, 0.3) is 5.65 Å². The first-order valence-electron chi connectivity index (χ1n) is 6.73. The Morgan fingerprint density at radius 2 is 2.17 bits per heavy atom. The summed E-state index contributed by atoms with van der Waals surface area (Å²) >= 11 is 0. The maximum atomic E-state index is 4.50. The van der Waals surface area contributed by atoms with Crippen molar-refractivity contribution in [1.82, 2.24) is 19.9 Å². The van der Waals surface area contributed by atoms with E-state index in [0.717, 1.165) is 11.3 Å². The van der Waals surface area contributed by atoms with Gasteiger partial charge in [0.05, 0.1) is 5.69 Å². The van der Waals surface area contributed by atoms with Gasteiger partial charge in [0, 0.05) is 35.6 Å². The monoisotopic (exact) mass is 244 g/mol. The van der Waals surface area contributed by atoms with E-state index in [1.807, 2.05) is 23.7 Å². The Balaban J connectivity index is 1.92. The lowest BCUT2D eigenvalue weighted by atomic mass is 9.92. The molecule has 1 atom stereocenters. The van der Waals surface area contributed by atoms with Crippen LogP contribution in [-0.4, -0.2) is 20.6 Å². The van der Waals surface area contributed by atoms with E-state index in [0.29, 0.717) is 12.1 Å². The van der Waals surface area contributed by atoms with E-state index in [1.54, 1.807) is 0 Å². The molecule has 0 saturated heterocycles. The Morgan fingerprint density at radius 1 is 1.39 bits per heavy atom. The molecule has 1 unspecified atom stereocenters. The van der Waals surface area contributed by atoms with Crippen LogP contribution in [0.5, 0.6) is 0 Å². The fourth-order valence-electron chi connectivity index (χ4n) is 2.62. The molecule has 1 fully saturated rings.